The van der Waals surface area contributed by atoms with Crippen LogP contribution in [0.1, 0.15) is 61.1 Å². The summed E-state index contributed by atoms with van der Waals surface area (Å²) in [6, 6.07) is 21.4. The quantitative estimate of drug-likeness (QED) is 0.354. The smallest absolute Gasteiger partial charge is 0.0693 e. The van der Waals surface area contributed by atoms with Gasteiger partial charge in [-0.25, -0.2) is 0 Å². The van der Waals surface area contributed by atoms with Crippen molar-refractivity contribution in [2.24, 2.45) is 9.98 Å². The fourth-order valence-electron chi connectivity index (χ4n) is 3.76. The Hall–Kier alpha value is -3.00. The Morgan fingerprint density at radius 2 is 0.867 bits per heavy atom. The summed E-state index contributed by atoms with van der Waals surface area (Å²) in [4.78, 5) is 9.73. The third kappa shape index (κ3) is 5.13. The lowest BCUT2D eigenvalue weighted by Gasteiger charge is -2.09. The van der Waals surface area contributed by atoms with Crippen LogP contribution in [0.3, 0.4) is 0 Å². The number of hydrogen-bond acceptors (Lipinski definition) is 2. The molecule has 0 amide bonds. The van der Waals surface area contributed by atoms with Gasteiger partial charge in [-0.3, -0.25) is 9.98 Å². The largest absolute Gasteiger partial charge is 0.256 e. The predicted octanol–water partition coefficient (Wildman–Crippen LogP) is 7.44. The lowest BCUT2D eigenvalue weighted by Crippen LogP contribution is -1.91. The summed E-state index contributed by atoms with van der Waals surface area (Å²) >= 11 is 0. The summed E-state index contributed by atoms with van der Waals surface area (Å²) in [6.07, 6.45) is 7.91. The van der Waals surface area contributed by atoms with E-state index in [-0.39, 0.29) is 0 Å². The molecule has 30 heavy (non-hydrogen) atoms. The van der Waals surface area contributed by atoms with Gasteiger partial charge in [-0.15, -0.1) is 0 Å². The third-order valence-electron chi connectivity index (χ3n) is 5.53. The molecule has 0 saturated carbocycles. The maximum atomic E-state index is 4.86. The molecule has 0 N–H and O–H groups in total. The van der Waals surface area contributed by atoms with Gasteiger partial charge < -0.3 is 0 Å². The predicted molar refractivity (Wildman–Crippen MR) is 131 cm³/mol. The summed E-state index contributed by atoms with van der Waals surface area (Å²) in [5, 5.41) is 0. The van der Waals surface area contributed by atoms with Gasteiger partial charge in [0, 0.05) is 12.4 Å². The highest BCUT2D eigenvalue weighted by Gasteiger charge is 2.05. The molecule has 3 aromatic rings. The number of aliphatic imine (C=N–C) groups is 2. The van der Waals surface area contributed by atoms with Crippen LogP contribution in [0.15, 0.2) is 70.6 Å². The van der Waals surface area contributed by atoms with Crippen LogP contribution in [0.5, 0.6) is 0 Å². The van der Waals surface area contributed by atoms with Gasteiger partial charge in [-0.1, -0.05) is 82.3 Å². The summed E-state index contributed by atoms with van der Waals surface area (Å²) in [5.41, 5.74) is 9.60. The van der Waals surface area contributed by atoms with E-state index in [1.807, 2.05) is 12.4 Å². The molecule has 0 aliphatic carbocycles. The van der Waals surface area contributed by atoms with Gasteiger partial charge in [0.15, 0.2) is 0 Å². The number of rotatable bonds is 8. The van der Waals surface area contributed by atoms with E-state index in [1.54, 1.807) is 0 Å². The van der Waals surface area contributed by atoms with E-state index in [1.165, 1.54) is 22.3 Å². The SMILES string of the molecule is CCc1cccc(CC)c1N=Cc1cccc(C=Nc2c(CC)cccc2CC)c1. The molecule has 2 heteroatoms. The first kappa shape index (κ1) is 21.7. The zero-order valence-corrected chi connectivity index (χ0v) is 18.7. The van der Waals surface area contributed by atoms with E-state index in [0.29, 0.717) is 0 Å². The van der Waals surface area contributed by atoms with E-state index in [0.717, 1.165) is 48.2 Å². The van der Waals surface area contributed by atoms with Crippen LogP contribution in [0.2, 0.25) is 0 Å². The van der Waals surface area contributed by atoms with E-state index < -0.39 is 0 Å². The van der Waals surface area contributed by atoms with Gasteiger partial charge in [0.2, 0.25) is 0 Å². The number of benzene rings is 3. The topological polar surface area (TPSA) is 24.7 Å². The Balaban J connectivity index is 1.88. The van der Waals surface area contributed by atoms with Gasteiger partial charge in [0.05, 0.1) is 11.4 Å². The van der Waals surface area contributed by atoms with Crippen LogP contribution in [0.25, 0.3) is 0 Å². The molecule has 0 spiro atoms. The molecular weight excluding hydrogens is 364 g/mol. The maximum Gasteiger partial charge on any atom is 0.0693 e. The fourth-order valence-corrected chi connectivity index (χ4v) is 3.76. The molecule has 0 saturated heterocycles. The second-order valence-electron chi connectivity index (χ2n) is 7.45. The highest BCUT2D eigenvalue weighted by atomic mass is 14.7. The van der Waals surface area contributed by atoms with Gasteiger partial charge in [0.25, 0.3) is 0 Å². The fraction of sp³-hybridized carbons (Fsp3) is 0.286. The van der Waals surface area contributed by atoms with Crippen molar-refractivity contribution in [1.82, 2.24) is 0 Å². The van der Waals surface area contributed by atoms with Gasteiger partial charge in [-0.05, 0) is 65.1 Å². The van der Waals surface area contributed by atoms with Crippen molar-refractivity contribution >= 4 is 23.8 Å². The summed E-state index contributed by atoms with van der Waals surface area (Å²) in [5.74, 6) is 0. The average Bonchev–Trinajstić information content (AvgIpc) is 2.80. The summed E-state index contributed by atoms with van der Waals surface area (Å²) in [6.45, 7) is 8.74. The van der Waals surface area contributed by atoms with Gasteiger partial charge in [-0.2, -0.15) is 0 Å². The van der Waals surface area contributed by atoms with Crippen molar-refractivity contribution in [3.8, 4) is 0 Å². The monoisotopic (exact) mass is 396 g/mol. The Bertz CT molecular complexity index is 919. The minimum Gasteiger partial charge on any atom is -0.256 e. The second-order valence-corrected chi connectivity index (χ2v) is 7.45. The van der Waals surface area contributed by atoms with E-state index in [2.05, 4.69) is 88.4 Å². The van der Waals surface area contributed by atoms with Crippen molar-refractivity contribution in [3.63, 3.8) is 0 Å². The number of para-hydroxylation sites is 2. The molecule has 0 aliphatic rings. The molecule has 0 heterocycles. The third-order valence-corrected chi connectivity index (χ3v) is 5.53. The second kappa shape index (κ2) is 10.7. The van der Waals surface area contributed by atoms with Crippen LogP contribution in [0, 0.1) is 0 Å². The van der Waals surface area contributed by atoms with Crippen molar-refractivity contribution < 1.29 is 0 Å². The van der Waals surface area contributed by atoms with E-state index in [4.69, 9.17) is 9.98 Å². The van der Waals surface area contributed by atoms with E-state index >= 15 is 0 Å². The standard InChI is InChI=1S/C28H32N2/c1-5-23-14-10-15-24(6-2)27(23)29-19-21-12-9-13-22(18-21)20-30-28-25(7-3)16-11-17-26(28)8-4/h9-20H,5-8H2,1-4H3. The normalized spacial score (nSPS) is 11.6. The Labute approximate surface area is 181 Å². The molecule has 0 atom stereocenters. The van der Waals surface area contributed by atoms with Crippen molar-refractivity contribution in [1.29, 1.82) is 0 Å². The van der Waals surface area contributed by atoms with Gasteiger partial charge in [0.1, 0.15) is 0 Å². The summed E-state index contributed by atoms with van der Waals surface area (Å²) < 4.78 is 0. The first-order valence-corrected chi connectivity index (χ1v) is 11.1. The molecule has 0 fully saturated rings. The average molecular weight is 397 g/mol. The summed E-state index contributed by atoms with van der Waals surface area (Å²) in [7, 11) is 0. The van der Waals surface area contributed by atoms with Crippen LogP contribution in [-0.4, -0.2) is 12.4 Å². The molecule has 0 bridgehead atoms. The molecule has 0 aliphatic heterocycles. The lowest BCUT2D eigenvalue weighted by atomic mass is 10.0. The Kier molecular flexibility index (Phi) is 7.73. The molecule has 154 valence electrons. The number of hydrogen-bond donors (Lipinski definition) is 0. The molecule has 0 aromatic heterocycles. The maximum absolute atomic E-state index is 4.86. The first-order chi connectivity index (χ1) is 14.7. The van der Waals surface area contributed by atoms with Crippen molar-refractivity contribution in [3.05, 3.63) is 94.0 Å². The number of nitrogens with zero attached hydrogens (tertiary/aromatic N) is 2. The zero-order chi connectivity index (χ0) is 21.3. The Morgan fingerprint density at radius 1 is 0.533 bits per heavy atom. The van der Waals surface area contributed by atoms with E-state index in [9.17, 15) is 0 Å². The first-order valence-electron chi connectivity index (χ1n) is 11.1. The Morgan fingerprint density at radius 3 is 1.20 bits per heavy atom. The number of aryl methyl sites for hydroxylation is 4. The minimum absolute atomic E-state index is 0.990. The zero-order valence-electron chi connectivity index (χ0n) is 18.7. The molecule has 3 rings (SSSR count). The molecule has 0 unspecified atom stereocenters. The minimum atomic E-state index is 0.990. The van der Waals surface area contributed by atoms with Crippen LogP contribution in [-0.2, 0) is 25.7 Å². The highest BCUT2D eigenvalue weighted by molar-refractivity contribution is 5.88. The molecule has 3 aromatic carbocycles. The molecular formula is C28H32N2. The van der Waals surface area contributed by atoms with Crippen LogP contribution < -0.4 is 0 Å². The molecule has 2 nitrogen and oxygen atoms in total. The van der Waals surface area contributed by atoms with Gasteiger partial charge >= 0.3 is 0 Å². The highest BCUT2D eigenvalue weighted by Crippen LogP contribution is 2.27. The van der Waals surface area contributed by atoms with Crippen molar-refractivity contribution in [2.45, 2.75) is 53.4 Å². The van der Waals surface area contributed by atoms with Crippen LogP contribution in [0.4, 0.5) is 11.4 Å². The van der Waals surface area contributed by atoms with Crippen molar-refractivity contribution in [2.75, 3.05) is 0 Å². The lowest BCUT2D eigenvalue weighted by molar-refractivity contribution is 1.08. The van der Waals surface area contributed by atoms with Crippen LogP contribution >= 0.6 is 0 Å². The molecule has 0 radical (unpaired) electrons.